The topological polar surface area (TPSA) is 126 Å². The predicted molar refractivity (Wildman–Crippen MR) is 179 cm³/mol. The van der Waals surface area contributed by atoms with Crippen molar-refractivity contribution in [2.45, 2.75) is 13.5 Å². The van der Waals surface area contributed by atoms with E-state index in [0.29, 0.717) is 33.4 Å². The fraction of sp³-hybridized carbons (Fsp3) is 0.118. The van der Waals surface area contributed by atoms with Gasteiger partial charge in [0.05, 0.1) is 17.3 Å². The number of amides is 3. The molecule has 0 aliphatic carbocycles. The Labute approximate surface area is 275 Å². The van der Waals surface area contributed by atoms with Crippen molar-refractivity contribution in [2.75, 3.05) is 23.8 Å². The Morgan fingerprint density at radius 1 is 0.957 bits per heavy atom. The molecule has 46 heavy (non-hydrogen) atoms. The van der Waals surface area contributed by atoms with Gasteiger partial charge in [0.2, 0.25) is 11.8 Å². The number of halogens is 2. The Morgan fingerprint density at radius 2 is 1.80 bits per heavy atom. The summed E-state index contributed by atoms with van der Waals surface area (Å²) in [7, 11) is 1.56. The molecule has 5 rings (SSSR count). The number of benzene rings is 2. The molecule has 0 unspecified atom stereocenters. The lowest BCUT2D eigenvalue weighted by molar-refractivity contribution is -0.122. The van der Waals surface area contributed by atoms with Crippen LogP contribution in [0, 0.1) is 6.92 Å². The molecule has 2 N–H and O–H groups in total. The van der Waals surface area contributed by atoms with Crippen molar-refractivity contribution in [3.63, 3.8) is 0 Å². The van der Waals surface area contributed by atoms with E-state index in [1.807, 2.05) is 37.3 Å². The standard InChI is InChI=1S/C34H28Cl2N6O4/c1-21-9-12-23-6-5-8-28(33(23)40-21)46-20-24-25(35)13-14-27(32(24)36)42(2)31(44)19-39-30(43)16-11-22-10-15-29(38-18-22)41-34(45)26-7-3-4-17-37-26/h3-18H,19-20H2,1-2H3,(H,39,43)(H,38,41,45)/b16-11+. The third-order valence-electron chi connectivity index (χ3n) is 6.86. The van der Waals surface area contributed by atoms with Gasteiger partial charge in [-0.3, -0.25) is 19.4 Å². The SMILES string of the molecule is Cc1ccc2cccc(OCc3c(Cl)ccc(N(C)C(=O)CNC(=O)/C=C/c4ccc(NC(=O)c5ccccn5)nc4)c3Cl)c2n1. The van der Waals surface area contributed by atoms with Crippen molar-refractivity contribution >= 4 is 69.4 Å². The molecule has 232 valence electrons. The molecule has 0 aliphatic rings. The molecule has 3 amide bonds. The summed E-state index contributed by atoms with van der Waals surface area (Å²) in [5.41, 5.74) is 3.38. The Kier molecular flexibility index (Phi) is 10.2. The number of likely N-dealkylation sites (N-methyl/N-ethyl adjacent to an activating group) is 1. The van der Waals surface area contributed by atoms with Gasteiger partial charge in [-0.15, -0.1) is 0 Å². The van der Waals surface area contributed by atoms with Crippen LogP contribution in [0.4, 0.5) is 11.5 Å². The maximum atomic E-state index is 13.0. The Balaban J connectivity index is 1.16. The molecule has 0 spiro atoms. The van der Waals surface area contributed by atoms with Crippen LogP contribution in [0.15, 0.2) is 91.3 Å². The van der Waals surface area contributed by atoms with E-state index in [2.05, 4.69) is 25.6 Å². The molecule has 10 nitrogen and oxygen atoms in total. The highest BCUT2D eigenvalue weighted by Gasteiger charge is 2.19. The summed E-state index contributed by atoms with van der Waals surface area (Å²) in [6.45, 7) is 1.68. The highest BCUT2D eigenvalue weighted by Crippen LogP contribution is 2.35. The highest BCUT2D eigenvalue weighted by atomic mass is 35.5. The number of anilines is 2. The van der Waals surface area contributed by atoms with Gasteiger partial charge < -0.3 is 20.3 Å². The molecule has 0 radical (unpaired) electrons. The first-order valence-corrected chi connectivity index (χ1v) is 14.8. The molecule has 12 heteroatoms. The fourth-order valence-electron chi connectivity index (χ4n) is 4.36. The van der Waals surface area contributed by atoms with Crippen molar-refractivity contribution in [1.29, 1.82) is 0 Å². The lowest BCUT2D eigenvalue weighted by Crippen LogP contribution is -2.37. The summed E-state index contributed by atoms with van der Waals surface area (Å²) in [4.78, 5) is 51.7. The molecule has 0 atom stereocenters. The van der Waals surface area contributed by atoms with Crippen LogP contribution < -0.4 is 20.3 Å². The van der Waals surface area contributed by atoms with Gasteiger partial charge in [0, 0.05) is 47.2 Å². The van der Waals surface area contributed by atoms with Crippen LogP contribution in [-0.4, -0.2) is 46.3 Å². The van der Waals surface area contributed by atoms with Crippen LogP contribution in [0.3, 0.4) is 0 Å². The van der Waals surface area contributed by atoms with Crippen LogP contribution in [0.1, 0.15) is 27.3 Å². The zero-order chi connectivity index (χ0) is 32.6. The first-order chi connectivity index (χ1) is 22.2. The smallest absolute Gasteiger partial charge is 0.275 e. The number of rotatable bonds is 10. The van der Waals surface area contributed by atoms with Gasteiger partial charge in [0.15, 0.2) is 0 Å². The minimum Gasteiger partial charge on any atom is -0.487 e. The van der Waals surface area contributed by atoms with Crippen LogP contribution in [0.2, 0.25) is 10.0 Å². The van der Waals surface area contributed by atoms with Gasteiger partial charge in [-0.05, 0) is 67.1 Å². The molecule has 0 bridgehead atoms. The van der Waals surface area contributed by atoms with Gasteiger partial charge in [0.25, 0.3) is 5.91 Å². The predicted octanol–water partition coefficient (Wildman–Crippen LogP) is 6.26. The number of ether oxygens (including phenoxy) is 1. The zero-order valence-corrected chi connectivity index (χ0v) is 26.3. The van der Waals surface area contributed by atoms with Gasteiger partial charge in [-0.2, -0.15) is 0 Å². The lowest BCUT2D eigenvalue weighted by Gasteiger charge is -2.21. The summed E-state index contributed by atoms with van der Waals surface area (Å²) in [5, 5.41) is 6.81. The van der Waals surface area contributed by atoms with Crippen molar-refractivity contribution in [2.24, 2.45) is 0 Å². The van der Waals surface area contributed by atoms with Gasteiger partial charge in [-0.1, -0.05) is 47.5 Å². The average Bonchev–Trinajstić information content (AvgIpc) is 3.07. The Bertz CT molecular complexity index is 1930. The minimum atomic E-state index is -0.482. The second-order valence-corrected chi connectivity index (χ2v) is 10.9. The second-order valence-electron chi connectivity index (χ2n) is 10.1. The maximum absolute atomic E-state index is 13.0. The molecule has 3 heterocycles. The van der Waals surface area contributed by atoms with Crippen LogP contribution >= 0.6 is 23.2 Å². The quantitative estimate of drug-likeness (QED) is 0.170. The second kappa shape index (κ2) is 14.6. The molecule has 3 aromatic heterocycles. The van der Waals surface area contributed by atoms with E-state index in [0.717, 1.165) is 16.6 Å². The largest absolute Gasteiger partial charge is 0.487 e. The van der Waals surface area contributed by atoms with Crippen LogP contribution in [0.25, 0.3) is 17.0 Å². The molecule has 2 aromatic carbocycles. The summed E-state index contributed by atoms with van der Waals surface area (Å²) in [6, 6.07) is 21.1. The van der Waals surface area contributed by atoms with E-state index >= 15 is 0 Å². The summed E-state index contributed by atoms with van der Waals surface area (Å²) >= 11 is 13.2. The number of pyridine rings is 3. The lowest BCUT2D eigenvalue weighted by atomic mass is 10.1. The van der Waals surface area contributed by atoms with Gasteiger partial charge >= 0.3 is 0 Å². The van der Waals surface area contributed by atoms with Crippen LogP contribution in [0.5, 0.6) is 5.75 Å². The Morgan fingerprint density at radius 3 is 2.57 bits per heavy atom. The third kappa shape index (κ3) is 7.84. The summed E-state index contributed by atoms with van der Waals surface area (Å²) in [5.74, 6) is -0.353. The van der Waals surface area contributed by atoms with E-state index in [4.69, 9.17) is 27.9 Å². The van der Waals surface area contributed by atoms with E-state index in [9.17, 15) is 14.4 Å². The number of hydrogen-bond acceptors (Lipinski definition) is 7. The van der Waals surface area contributed by atoms with Crippen molar-refractivity contribution in [1.82, 2.24) is 20.3 Å². The number of aromatic nitrogens is 3. The first-order valence-electron chi connectivity index (χ1n) is 14.1. The van der Waals surface area contributed by atoms with E-state index in [-0.39, 0.29) is 29.8 Å². The number of nitrogens with one attached hydrogen (secondary N) is 2. The molecule has 5 aromatic rings. The van der Waals surface area contributed by atoms with Gasteiger partial charge in [0.1, 0.15) is 29.4 Å². The number of aryl methyl sites for hydroxylation is 1. The molecular weight excluding hydrogens is 627 g/mol. The van der Waals surface area contributed by atoms with E-state index in [1.165, 1.54) is 29.4 Å². The van der Waals surface area contributed by atoms with Crippen LogP contribution in [-0.2, 0) is 16.2 Å². The number of fused-ring (bicyclic) bond motifs is 1. The summed E-state index contributed by atoms with van der Waals surface area (Å²) < 4.78 is 6.08. The monoisotopic (exact) mass is 654 g/mol. The number of para-hydroxylation sites is 1. The minimum absolute atomic E-state index is 0.0518. The zero-order valence-electron chi connectivity index (χ0n) is 24.8. The van der Waals surface area contributed by atoms with Crippen molar-refractivity contribution in [3.8, 4) is 5.75 Å². The molecule has 0 saturated carbocycles. The average molecular weight is 656 g/mol. The molecule has 0 aliphatic heterocycles. The van der Waals surface area contributed by atoms with Crippen molar-refractivity contribution in [3.05, 3.63) is 124 Å². The van der Waals surface area contributed by atoms with E-state index in [1.54, 1.807) is 49.5 Å². The first kappa shape index (κ1) is 32.1. The normalized spacial score (nSPS) is 11.0. The van der Waals surface area contributed by atoms with Gasteiger partial charge in [-0.25, -0.2) is 9.97 Å². The number of nitrogens with zero attached hydrogens (tertiary/aromatic N) is 4. The van der Waals surface area contributed by atoms with E-state index < -0.39 is 11.8 Å². The number of carbonyl (C=O) groups excluding carboxylic acids is 3. The highest BCUT2D eigenvalue weighted by molar-refractivity contribution is 6.38. The number of carbonyl (C=O) groups is 3. The fourth-order valence-corrected chi connectivity index (χ4v) is 4.97. The Hall–Kier alpha value is -5.32. The molecule has 0 saturated heterocycles. The number of hydrogen-bond donors (Lipinski definition) is 2. The maximum Gasteiger partial charge on any atom is 0.275 e. The summed E-state index contributed by atoms with van der Waals surface area (Å²) in [6.07, 6.45) is 5.85. The third-order valence-corrected chi connectivity index (χ3v) is 7.64. The molecular formula is C34H28Cl2N6O4. The van der Waals surface area contributed by atoms with Crippen molar-refractivity contribution < 1.29 is 19.1 Å². The molecule has 0 fully saturated rings.